The molecule has 1 fully saturated rings. The van der Waals surface area contributed by atoms with Crippen LogP contribution in [0.3, 0.4) is 0 Å². The van der Waals surface area contributed by atoms with Crippen molar-refractivity contribution in [3.63, 3.8) is 0 Å². The molecule has 0 aromatic heterocycles. The van der Waals surface area contributed by atoms with Crippen molar-refractivity contribution < 1.29 is 27.4 Å². The first kappa shape index (κ1) is 27.0. The zero-order valence-electron chi connectivity index (χ0n) is 22.4. The first-order valence-corrected chi connectivity index (χ1v) is 14.6. The van der Waals surface area contributed by atoms with Gasteiger partial charge in [0.1, 0.15) is 0 Å². The zero-order valence-corrected chi connectivity index (χ0v) is 23.2. The molecule has 37 heavy (non-hydrogen) atoms. The van der Waals surface area contributed by atoms with Crippen molar-refractivity contribution >= 4 is 21.5 Å². The summed E-state index contributed by atoms with van der Waals surface area (Å²) in [5.74, 6) is 0.365. The Labute approximate surface area is 219 Å². The Morgan fingerprint density at radius 2 is 1.76 bits per heavy atom. The predicted molar refractivity (Wildman–Crippen MR) is 144 cm³/mol. The van der Waals surface area contributed by atoms with E-state index in [1.165, 1.54) is 7.11 Å². The van der Waals surface area contributed by atoms with Crippen LogP contribution in [-0.2, 0) is 9.84 Å². The highest BCUT2D eigenvalue weighted by molar-refractivity contribution is 7.91. The van der Waals surface area contributed by atoms with Gasteiger partial charge >= 0.3 is 0 Å². The van der Waals surface area contributed by atoms with E-state index >= 15 is 0 Å². The molecule has 0 spiro atoms. The summed E-state index contributed by atoms with van der Waals surface area (Å²) in [6.45, 7) is 10.2. The van der Waals surface area contributed by atoms with Crippen molar-refractivity contribution in [2.45, 2.75) is 65.1 Å². The number of carbonyl (C=O) groups is 1. The van der Waals surface area contributed by atoms with Gasteiger partial charge in [0, 0.05) is 29.6 Å². The molecule has 1 amide bonds. The van der Waals surface area contributed by atoms with Crippen LogP contribution < -0.4 is 9.47 Å². The van der Waals surface area contributed by atoms with Gasteiger partial charge in [0.15, 0.2) is 27.4 Å². The fourth-order valence-corrected chi connectivity index (χ4v) is 7.33. The Balaban J connectivity index is 1.84. The molecule has 0 saturated carbocycles. The van der Waals surface area contributed by atoms with E-state index in [2.05, 4.69) is 0 Å². The van der Waals surface area contributed by atoms with Crippen molar-refractivity contribution in [1.82, 2.24) is 4.90 Å². The molecular formula is C28H36N2O6S. The van der Waals surface area contributed by atoms with E-state index in [9.17, 15) is 18.4 Å². The summed E-state index contributed by atoms with van der Waals surface area (Å²) in [5, 5.41) is 13.8. The third-order valence-corrected chi connectivity index (χ3v) is 8.91. The number of hydrogen-bond donors (Lipinski definition) is 0. The van der Waals surface area contributed by atoms with E-state index in [0.717, 1.165) is 10.3 Å². The van der Waals surface area contributed by atoms with Crippen molar-refractivity contribution in [1.29, 1.82) is 0 Å². The Bertz CT molecular complexity index is 1310. The number of fused-ring (bicyclic) bond motifs is 3. The van der Waals surface area contributed by atoms with Gasteiger partial charge in [-0.3, -0.25) is 4.79 Å². The summed E-state index contributed by atoms with van der Waals surface area (Å²) in [7, 11) is -1.74. The number of ether oxygens (including phenoxy) is 2. The Hall–Kier alpha value is -3.07. The zero-order chi connectivity index (χ0) is 27.1. The van der Waals surface area contributed by atoms with Crippen LogP contribution in [0.5, 0.6) is 11.5 Å². The van der Waals surface area contributed by atoms with Gasteiger partial charge in [0.05, 0.1) is 36.7 Å². The van der Waals surface area contributed by atoms with E-state index in [4.69, 9.17) is 9.47 Å². The molecule has 2 aromatic rings. The van der Waals surface area contributed by atoms with E-state index < -0.39 is 21.8 Å². The molecule has 1 saturated heterocycles. The predicted octanol–water partition coefficient (Wildman–Crippen LogP) is 3.98. The van der Waals surface area contributed by atoms with Crippen molar-refractivity contribution in [3.05, 3.63) is 63.9 Å². The van der Waals surface area contributed by atoms with Crippen LogP contribution in [0, 0.1) is 5.21 Å². The average molecular weight is 529 g/mol. The minimum absolute atomic E-state index is 0.0162. The van der Waals surface area contributed by atoms with Crippen LogP contribution >= 0.6 is 0 Å². The maximum absolute atomic E-state index is 13.8. The number of nitrogens with zero attached hydrogens (tertiary/aromatic N) is 2. The summed E-state index contributed by atoms with van der Waals surface area (Å²) in [6, 6.07) is 10.3. The van der Waals surface area contributed by atoms with Gasteiger partial charge in [-0.2, -0.15) is 0 Å². The smallest absolute Gasteiger partial charge is 0.254 e. The van der Waals surface area contributed by atoms with E-state index in [-0.39, 0.29) is 35.9 Å². The maximum Gasteiger partial charge on any atom is 0.254 e. The third kappa shape index (κ3) is 5.06. The monoisotopic (exact) mass is 528 g/mol. The molecule has 0 bridgehead atoms. The van der Waals surface area contributed by atoms with Gasteiger partial charge in [-0.05, 0) is 76.6 Å². The molecule has 0 unspecified atom stereocenters. The third-order valence-electron chi connectivity index (χ3n) is 7.19. The summed E-state index contributed by atoms with van der Waals surface area (Å²) in [5.41, 5.74) is 3.04. The Kier molecular flexibility index (Phi) is 7.55. The highest BCUT2D eigenvalue weighted by Crippen LogP contribution is 2.42. The summed E-state index contributed by atoms with van der Waals surface area (Å²) in [4.78, 5) is 15.0. The number of rotatable bonds is 7. The second-order valence-corrected chi connectivity index (χ2v) is 12.5. The van der Waals surface area contributed by atoms with Gasteiger partial charge in [-0.15, -0.1) is 0 Å². The molecular weight excluding hydrogens is 492 g/mol. The van der Waals surface area contributed by atoms with Gasteiger partial charge in [0.25, 0.3) is 5.91 Å². The first-order valence-electron chi connectivity index (χ1n) is 12.8. The van der Waals surface area contributed by atoms with Crippen LogP contribution in [0.4, 0.5) is 0 Å². The Morgan fingerprint density at radius 3 is 2.32 bits per heavy atom. The van der Waals surface area contributed by atoms with E-state index in [0.29, 0.717) is 40.5 Å². The van der Waals surface area contributed by atoms with Crippen LogP contribution in [0.15, 0.2) is 36.4 Å². The van der Waals surface area contributed by atoms with Crippen LogP contribution in [0.2, 0.25) is 0 Å². The lowest BCUT2D eigenvalue weighted by atomic mass is 9.81. The molecule has 2 aliphatic rings. The quantitative estimate of drug-likeness (QED) is 0.398. The average Bonchev–Trinajstić information content (AvgIpc) is 2.83. The lowest BCUT2D eigenvalue weighted by molar-refractivity contribution is -0.507. The summed E-state index contributed by atoms with van der Waals surface area (Å²) in [6.07, 6.45) is 0.254. The molecule has 0 N–H and O–H groups in total. The number of sulfone groups is 1. The lowest BCUT2D eigenvalue weighted by Crippen LogP contribution is -2.46. The van der Waals surface area contributed by atoms with Crippen LogP contribution in [0.1, 0.15) is 74.0 Å². The fraction of sp³-hybridized carbons (Fsp3) is 0.500. The van der Waals surface area contributed by atoms with Gasteiger partial charge in [-0.1, -0.05) is 0 Å². The molecule has 200 valence electrons. The summed E-state index contributed by atoms with van der Waals surface area (Å²) < 4.78 is 37.4. The molecule has 4 rings (SSSR count). The standard InChI is InChI=1S/C28H36N2O6S/c1-7-36-26-14-21-22(15-25(26)35-6)27(30(32)24-12-13-37(33,34)16-23(21)24)19-8-10-20(11-9-19)28(31)29(17(2)3)18(4)5/h8-11,14-15,17-18,23-24H,7,12-13,16H2,1-6H3/t23-,24-/m1/s1. The largest absolute Gasteiger partial charge is 0.623 e. The van der Waals surface area contributed by atoms with Gasteiger partial charge in [-0.25, -0.2) is 13.2 Å². The van der Waals surface area contributed by atoms with Crippen molar-refractivity contribution in [2.75, 3.05) is 25.2 Å². The molecule has 8 nitrogen and oxygen atoms in total. The second kappa shape index (κ2) is 10.4. The number of hydroxylamine groups is 1. The number of methoxy groups -OCH3 is 1. The highest BCUT2D eigenvalue weighted by atomic mass is 32.2. The first-order chi connectivity index (χ1) is 17.5. The highest BCUT2D eigenvalue weighted by Gasteiger charge is 2.46. The number of benzene rings is 2. The molecule has 2 aliphatic heterocycles. The second-order valence-electron chi connectivity index (χ2n) is 10.3. The summed E-state index contributed by atoms with van der Waals surface area (Å²) >= 11 is 0. The molecule has 0 aliphatic carbocycles. The number of amides is 1. The minimum Gasteiger partial charge on any atom is -0.623 e. The lowest BCUT2D eigenvalue weighted by Gasteiger charge is -2.36. The molecule has 2 atom stereocenters. The van der Waals surface area contributed by atoms with Gasteiger partial charge < -0.3 is 19.6 Å². The molecule has 9 heteroatoms. The van der Waals surface area contributed by atoms with Crippen LogP contribution in [-0.4, -0.2) is 73.0 Å². The van der Waals surface area contributed by atoms with Crippen molar-refractivity contribution in [3.8, 4) is 11.5 Å². The van der Waals surface area contributed by atoms with E-state index in [1.54, 1.807) is 30.3 Å². The minimum atomic E-state index is -3.27. The topological polar surface area (TPSA) is 99.0 Å². The van der Waals surface area contributed by atoms with E-state index in [1.807, 2.05) is 45.6 Å². The molecule has 2 aromatic carbocycles. The number of hydrogen-bond acceptors (Lipinski definition) is 6. The van der Waals surface area contributed by atoms with Crippen molar-refractivity contribution in [2.24, 2.45) is 0 Å². The SMILES string of the molecule is CCOc1cc2c(cc1OC)C(c1ccc(C(=O)N(C(C)C)C(C)C)cc1)=[N+]([O-])[C@@H]1CCS(=O)(=O)C[C@H]21. The van der Waals surface area contributed by atoms with Gasteiger partial charge in [0.2, 0.25) is 5.71 Å². The maximum atomic E-state index is 13.8. The molecule has 0 radical (unpaired) electrons. The number of carbonyl (C=O) groups excluding carboxylic acids is 1. The normalized spacial score (nSPS) is 20.4. The fourth-order valence-electron chi connectivity index (χ4n) is 5.61. The van der Waals surface area contributed by atoms with Crippen LogP contribution in [0.25, 0.3) is 0 Å². The Morgan fingerprint density at radius 1 is 1.11 bits per heavy atom. The molecule has 2 heterocycles.